The molecule has 1 N–H and O–H groups in total. The molecule has 4 rings (SSSR count). The normalized spacial score (nSPS) is 25.7. The van der Waals surface area contributed by atoms with Gasteiger partial charge in [-0.3, -0.25) is 4.79 Å². The van der Waals surface area contributed by atoms with Gasteiger partial charge in [0.25, 0.3) is 5.91 Å². The summed E-state index contributed by atoms with van der Waals surface area (Å²) in [5, 5.41) is 15.4. The first-order valence-electron chi connectivity index (χ1n) is 8.53. The second kappa shape index (κ2) is 6.22. The van der Waals surface area contributed by atoms with Gasteiger partial charge in [0.1, 0.15) is 5.82 Å². The Kier molecular flexibility index (Phi) is 3.92. The van der Waals surface area contributed by atoms with E-state index in [2.05, 4.69) is 20.7 Å². The van der Waals surface area contributed by atoms with Gasteiger partial charge in [-0.1, -0.05) is 12.1 Å². The smallest absolute Gasteiger partial charge is 0.292 e. The predicted molar refractivity (Wildman–Crippen MR) is 87.4 cm³/mol. The molecule has 7 nitrogen and oxygen atoms in total. The van der Waals surface area contributed by atoms with Gasteiger partial charge >= 0.3 is 0 Å². The molecule has 7 heteroatoms. The minimum absolute atomic E-state index is 0.0464. The van der Waals surface area contributed by atoms with Crippen LogP contribution >= 0.6 is 0 Å². The SMILES string of the molecule is CCc1cc(C(=O)N2C[C@H]3CC[C@@H](Nc4cccnn4)[C@H]3C2)on1. The molecule has 1 amide bonds. The minimum Gasteiger partial charge on any atom is -0.365 e. The first kappa shape index (κ1) is 15.1. The molecule has 2 fully saturated rings. The highest BCUT2D eigenvalue weighted by Gasteiger charge is 2.44. The van der Waals surface area contributed by atoms with Crippen LogP contribution in [-0.2, 0) is 6.42 Å². The Morgan fingerprint density at radius 1 is 1.42 bits per heavy atom. The standard InChI is InChI=1S/C17H21N5O2/c1-2-12-8-15(24-21-12)17(23)22-9-11-5-6-14(13(11)10-22)19-16-4-3-7-18-20-16/h3-4,7-8,11,13-14H,2,5-6,9-10H2,1H3,(H,19,20)/t11-,13+,14-/m1/s1. The van der Waals surface area contributed by atoms with Gasteiger partial charge in [-0.05, 0) is 37.3 Å². The molecule has 1 aliphatic carbocycles. The molecule has 0 aromatic carbocycles. The third kappa shape index (κ3) is 2.74. The number of hydrogen-bond acceptors (Lipinski definition) is 6. The fraction of sp³-hybridized carbons (Fsp3) is 0.529. The van der Waals surface area contributed by atoms with Crippen molar-refractivity contribution in [1.29, 1.82) is 0 Å². The van der Waals surface area contributed by atoms with E-state index in [9.17, 15) is 4.79 Å². The van der Waals surface area contributed by atoms with Crippen LogP contribution in [0.1, 0.15) is 36.0 Å². The number of fused-ring (bicyclic) bond motifs is 1. The van der Waals surface area contributed by atoms with Crippen LogP contribution in [-0.4, -0.2) is 45.3 Å². The van der Waals surface area contributed by atoms with E-state index >= 15 is 0 Å². The molecule has 1 aliphatic heterocycles. The summed E-state index contributed by atoms with van der Waals surface area (Å²) in [6.07, 6.45) is 4.67. The van der Waals surface area contributed by atoms with Crippen molar-refractivity contribution in [2.45, 2.75) is 32.2 Å². The van der Waals surface area contributed by atoms with Gasteiger partial charge in [-0.15, -0.1) is 5.10 Å². The third-order valence-corrected chi connectivity index (χ3v) is 5.18. The maximum atomic E-state index is 12.6. The largest absolute Gasteiger partial charge is 0.365 e. The number of carbonyl (C=O) groups is 1. The Balaban J connectivity index is 1.43. The molecule has 2 aromatic rings. The van der Waals surface area contributed by atoms with Crippen LogP contribution in [0.3, 0.4) is 0 Å². The minimum atomic E-state index is -0.0464. The van der Waals surface area contributed by atoms with E-state index in [0.29, 0.717) is 23.6 Å². The van der Waals surface area contributed by atoms with E-state index in [1.807, 2.05) is 24.0 Å². The number of rotatable bonds is 4. The van der Waals surface area contributed by atoms with Gasteiger partial charge in [0, 0.05) is 37.3 Å². The fourth-order valence-corrected chi connectivity index (χ4v) is 3.91. The predicted octanol–water partition coefficient (Wildman–Crippen LogP) is 1.99. The lowest BCUT2D eigenvalue weighted by Gasteiger charge is -2.21. The van der Waals surface area contributed by atoms with Gasteiger partial charge in [0.05, 0.1) is 5.69 Å². The molecule has 0 unspecified atom stereocenters. The summed E-state index contributed by atoms with van der Waals surface area (Å²) in [7, 11) is 0. The molecule has 1 saturated carbocycles. The van der Waals surface area contributed by atoms with Crippen LogP contribution in [0.5, 0.6) is 0 Å². The summed E-state index contributed by atoms with van der Waals surface area (Å²) < 4.78 is 5.20. The Morgan fingerprint density at radius 2 is 2.33 bits per heavy atom. The maximum absolute atomic E-state index is 12.6. The summed E-state index contributed by atoms with van der Waals surface area (Å²) in [4.78, 5) is 14.5. The molecule has 0 spiro atoms. The lowest BCUT2D eigenvalue weighted by Crippen LogP contribution is -2.33. The topological polar surface area (TPSA) is 84.2 Å². The van der Waals surface area contributed by atoms with Crippen LogP contribution in [0.4, 0.5) is 5.82 Å². The van der Waals surface area contributed by atoms with Crippen molar-refractivity contribution in [3.05, 3.63) is 35.9 Å². The van der Waals surface area contributed by atoms with E-state index in [0.717, 1.165) is 43.9 Å². The van der Waals surface area contributed by atoms with Crippen LogP contribution in [0.25, 0.3) is 0 Å². The van der Waals surface area contributed by atoms with E-state index in [1.54, 1.807) is 12.3 Å². The van der Waals surface area contributed by atoms with E-state index in [4.69, 9.17) is 4.52 Å². The quantitative estimate of drug-likeness (QED) is 0.924. The van der Waals surface area contributed by atoms with Gasteiger partial charge in [0.15, 0.2) is 0 Å². The Labute approximate surface area is 140 Å². The summed E-state index contributed by atoms with van der Waals surface area (Å²) >= 11 is 0. The average molecular weight is 327 g/mol. The summed E-state index contributed by atoms with van der Waals surface area (Å²) in [5.41, 5.74) is 0.819. The number of hydrogen-bond donors (Lipinski definition) is 1. The molecule has 0 radical (unpaired) electrons. The van der Waals surface area contributed by atoms with Crippen molar-refractivity contribution < 1.29 is 9.32 Å². The van der Waals surface area contributed by atoms with Crippen LogP contribution in [0, 0.1) is 11.8 Å². The van der Waals surface area contributed by atoms with Crippen molar-refractivity contribution in [1.82, 2.24) is 20.3 Å². The molecular weight excluding hydrogens is 306 g/mol. The zero-order valence-corrected chi connectivity index (χ0v) is 13.7. The van der Waals surface area contributed by atoms with Gasteiger partial charge < -0.3 is 14.7 Å². The molecule has 2 aliphatic rings. The fourth-order valence-electron chi connectivity index (χ4n) is 3.91. The van der Waals surface area contributed by atoms with Crippen LogP contribution < -0.4 is 5.32 Å². The average Bonchev–Trinajstić information content (AvgIpc) is 3.32. The Morgan fingerprint density at radius 3 is 3.08 bits per heavy atom. The highest BCUT2D eigenvalue weighted by atomic mass is 16.5. The number of likely N-dealkylation sites (tertiary alicyclic amines) is 1. The van der Waals surface area contributed by atoms with Crippen molar-refractivity contribution in [3.8, 4) is 0 Å². The van der Waals surface area contributed by atoms with E-state index < -0.39 is 0 Å². The molecule has 24 heavy (non-hydrogen) atoms. The second-order valence-corrected chi connectivity index (χ2v) is 6.61. The molecular formula is C17H21N5O2. The van der Waals surface area contributed by atoms with Gasteiger partial charge in [-0.2, -0.15) is 5.10 Å². The first-order chi connectivity index (χ1) is 11.7. The maximum Gasteiger partial charge on any atom is 0.292 e. The van der Waals surface area contributed by atoms with Crippen LogP contribution in [0.2, 0.25) is 0 Å². The number of nitrogens with one attached hydrogen (secondary N) is 1. The molecule has 3 atom stereocenters. The second-order valence-electron chi connectivity index (χ2n) is 6.61. The Hall–Kier alpha value is -2.44. The lowest BCUT2D eigenvalue weighted by molar-refractivity contribution is 0.0738. The summed E-state index contributed by atoms with van der Waals surface area (Å²) in [6.45, 7) is 3.54. The summed E-state index contributed by atoms with van der Waals surface area (Å²) in [5.74, 6) is 2.09. The van der Waals surface area contributed by atoms with Crippen molar-refractivity contribution in [3.63, 3.8) is 0 Å². The number of aromatic nitrogens is 3. The monoisotopic (exact) mass is 327 g/mol. The van der Waals surface area contributed by atoms with Crippen LogP contribution in [0.15, 0.2) is 28.9 Å². The molecule has 3 heterocycles. The third-order valence-electron chi connectivity index (χ3n) is 5.18. The molecule has 2 aromatic heterocycles. The number of nitrogens with zero attached hydrogens (tertiary/aromatic N) is 4. The van der Waals surface area contributed by atoms with E-state index in [-0.39, 0.29) is 5.91 Å². The number of anilines is 1. The zero-order valence-electron chi connectivity index (χ0n) is 13.7. The van der Waals surface area contributed by atoms with Crippen molar-refractivity contribution >= 4 is 11.7 Å². The van der Waals surface area contributed by atoms with Gasteiger partial charge in [0.2, 0.25) is 5.76 Å². The highest BCUT2D eigenvalue weighted by Crippen LogP contribution is 2.39. The first-order valence-corrected chi connectivity index (χ1v) is 8.53. The Bertz CT molecular complexity index is 717. The number of amides is 1. The van der Waals surface area contributed by atoms with E-state index in [1.165, 1.54) is 0 Å². The van der Waals surface area contributed by atoms with Gasteiger partial charge in [-0.25, -0.2) is 0 Å². The lowest BCUT2D eigenvalue weighted by atomic mass is 9.98. The highest BCUT2D eigenvalue weighted by molar-refractivity contribution is 5.91. The summed E-state index contributed by atoms with van der Waals surface area (Å²) in [6, 6.07) is 5.90. The number of aryl methyl sites for hydroxylation is 1. The molecule has 0 bridgehead atoms. The molecule has 1 saturated heterocycles. The molecule has 126 valence electrons. The number of carbonyl (C=O) groups excluding carboxylic acids is 1. The van der Waals surface area contributed by atoms with Crippen molar-refractivity contribution in [2.24, 2.45) is 11.8 Å². The zero-order chi connectivity index (χ0) is 16.5. The van der Waals surface area contributed by atoms with Crippen molar-refractivity contribution in [2.75, 3.05) is 18.4 Å².